The van der Waals surface area contributed by atoms with Gasteiger partial charge in [-0.1, -0.05) is 60.7 Å². The van der Waals surface area contributed by atoms with Gasteiger partial charge in [0.25, 0.3) is 0 Å². The van der Waals surface area contributed by atoms with Crippen molar-refractivity contribution in [2.75, 3.05) is 30.3 Å². The van der Waals surface area contributed by atoms with Crippen LogP contribution in [0.25, 0.3) is 0 Å². The summed E-state index contributed by atoms with van der Waals surface area (Å²) in [6.45, 7) is 5.46. The maximum atomic E-state index is 11.5. The van der Waals surface area contributed by atoms with E-state index in [1.807, 2.05) is 0 Å². The fourth-order valence-corrected chi connectivity index (χ4v) is 7.30. The highest BCUT2D eigenvalue weighted by Crippen LogP contribution is 2.37. The standard InChI is InChI=1S/C35H45N5O2/c1-24(25-14-16-28(17-15-25)34(41)42)36-35-38-31-19-18-29(26-10-4-2-5-11-26)22-30(31)33(39-35)37-32(23-40-20-8-9-21-40)27-12-6-3-7-13-27/h2-7,10-13,24-25,28-29,32H,8-9,14-23H2,1H3,(H,41,42)(H2,36,37,38,39)/t24-,25?,28?,29-,32-/m0/s1. The molecule has 0 unspecified atom stereocenters. The molecule has 1 saturated carbocycles. The zero-order chi connectivity index (χ0) is 28.9. The second-order valence-electron chi connectivity index (χ2n) is 12.7. The molecule has 3 atom stereocenters. The van der Waals surface area contributed by atoms with Gasteiger partial charge >= 0.3 is 5.97 Å². The molecule has 0 amide bonds. The van der Waals surface area contributed by atoms with E-state index in [0.717, 1.165) is 76.1 Å². The normalized spacial score (nSPS) is 24.0. The van der Waals surface area contributed by atoms with Gasteiger partial charge in [-0.2, -0.15) is 4.98 Å². The number of nitrogens with zero attached hydrogens (tertiary/aromatic N) is 3. The van der Waals surface area contributed by atoms with Gasteiger partial charge in [-0.25, -0.2) is 4.98 Å². The lowest BCUT2D eigenvalue weighted by Crippen LogP contribution is -2.33. The van der Waals surface area contributed by atoms with Crippen LogP contribution in [-0.4, -0.2) is 51.6 Å². The number of hydrogen-bond acceptors (Lipinski definition) is 6. The third kappa shape index (κ3) is 6.78. The van der Waals surface area contributed by atoms with Crippen molar-refractivity contribution in [3.8, 4) is 0 Å². The minimum atomic E-state index is -0.654. The van der Waals surface area contributed by atoms with Crippen molar-refractivity contribution in [3.63, 3.8) is 0 Å². The number of carboxylic acids is 1. The van der Waals surface area contributed by atoms with Gasteiger partial charge in [0.2, 0.25) is 5.95 Å². The van der Waals surface area contributed by atoms with Crippen LogP contribution in [0.15, 0.2) is 60.7 Å². The zero-order valence-electron chi connectivity index (χ0n) is 24.8. The fraction of sp³-hybridized carbons (Fsp3) is 0.514. The van der Waals surface area contributed by atoms with E-state index in [1.54, 1.807) is 0 Å². The Bertz CT molecular complexity index is 1320. The molecule has 3 aliphatic rings. The van der Waals surface area contributed by atoms with Crippen molar-refractivity contribution < 1.29 is 9.90 Å². The molecule has 0 spiro atoms. The minimum Gasteiger partial charge on any atom is -0.481 e. The molecule has 2 fully saturated rings. The van der Waals surface area contributed by atoms with Crippen LogP contribution < -0.4 is 10.6 Å². The minimum absolute atomic E-state index is 0.136. The molecule has 1 saturated heterocycles. The van der Waals surface area contributed by atoms with Gasteiger partial charge in [-0.15, -0.1) is 0 Å². The highest BCUT2D eigenvalue weighted by molar-refractivity contribution is 5.70. The van der Waals surface area contributed by atoms with E-state index in [1.165, 1.54) is 29.5 Å². The lowest BCUT2D eigenvalue weighted by molar-refractivity contribution is -0.143. The van der Waals surface area contributed by atoms with Crippen LogP contribution in [0.3, 0.4) is 0 Å². The first-order valence-corrected chi connectivity index (χ1v) is 16.0. The second-order valence-corrected chi connectivity index (χ2v) is 12.7. The number of nitrogens with one attached hydrogen (secondary N) is 2. The first-order valence-electron chi connectivity index (χ1n) is 16.0. The number of aromatic nitrogens is 2. The Morgan fingerprint density at radius 1 is 0.929 bits per heavy atom. The van der Waals surface area contributed by atoms with Crippen molar-refractivity contribution in [1.29, 1.82) is 0 Å². The number of benzene rings is 2. The Kier molecular flexibility index (Phi) is 9.04. The van der Waals surface area contributed by atoms with Crippen LogP contribution >= 0.6 is 0 Å². The molecule has 1 aromatic heterocycles. The third-order valence-corrected chi connectivity index (χ3v) is 9.88. The molecule has 7 heteroatoms. The van der Waals surface area contributed by atoms with E-state index in [-0.39, 0.29) is 18.0 Å². The predicted molar refractivity (Wildman–Crippen MR) is 168 cm³/mol. The van der Waals surface area contributed by atoms with Crippen LogP contribution in [-0.2, 0) is 17.6 Å². The maximum Gasteiger partial charge on any atom is 0.306 e. The summed E-state index contributed by atoms with van der Waals surface area (Å²) in [5.41, 5.74) is 5.07. The van der Waals surface area contributed by atoms with Crippen LogP contribution in [0.1, 0.15) is 86.2 Å². The van der Waals surface area contributed by atoms with Crippen LogP contribution in [0.4, 0.5) is 11.8 Å². The van der Waals surface area contributed by atoms with Crippen molar-refractivity contribution in [2.24, 2.45) is 11.8 Å². The molecule has 3 N–H and O–H groups in total. The van der Waals surface area contributed by atoms with Crippen LogP contribution in [0, 0.1) is 11.8 Å². The second kappa shape index (κ2) is 13.2. The van der Waals surface area contributed by atoms with E-state index >= 15 is 0 Å². The SMILES string of the molecule is C[C@H](Nc1nc2c(c(N[C@@H](CN3CCCC3)c3ccccc3)n1)C[C@@H](c1ccccc1)CC2)C1CCC(C(=O)O)CC1. The molecular formula is C35H45N5O2. The molecule has 0 radical (unpaired) electrons. The predicted octanol–water partition coefficient (Wildman–Crippen LogP) is 6.69. The number of rotatable bonds is 10. The first kappa shape index (κ1) is 28.7. The fourth-order valence-electron chi connectivity index (χ4n) is 7.30. The number of carboxylic acid groups (broad SMARTS) is 1. The van der Waals surface area contributed by atoms with Gasteiger partial charge in [-0.05, 0) is 101 Å². The summed E-state index contributed by atoms with van der Waals surface area (Å²) in [5.74, 6) is 1.67. The van der Waals surface area contributed by atoms with Gasteiger partial charge in [-0.3, -0.25) is 4.79 Å². The van der Waals surface area contributed by atoms with E-state index in [2.05, 4.69) is 83.1 Å². The van der Waals surface area contributed by atoms with Crippen molar-refractivity contribution >= 4 is 17.7 Å². The van der Waals surface area contributed by atoms with Crippen molar-refractivity contribution in [2.45, 2.75) is 82.7 Å². The van der Waals surface area contributed by atoms with Gasteiger partial charge in [0, 0.05) is 18.2 Å². The largest absolute Gasteiger partial charge is 0.481 e. The Morgan fingerprint density at radius 2 is 1.62 bits per heavy atom. The topological polar surface area (TPSA) is 90.4 Å². The Hall–Kier alpha value is -3.45. The summed E-state index contributed by atoms with van der Waals surface area (Å²) in [7, 11) is 0. The van der Waals surface area contributed by atoms with E-state index in [4.69, 9.17) is 9.97 Å². The monoisotopic (exact) mass is 567 g/mol. The lowest BCUT2D eigenvalue weighted by Gasteiger charge is -2.32. The summed E-state index contributed by atoms with van der Waals surface area (Å²) in [4.78, 5) is 24.3. The third-order valence-electron chi connectivity index (χ3n) is 9.88. The highest BCUT2D eigenvalue weighted by atomic mass is 16.4. The zero-order valence-corrected chi connectivity index (χ0v) is 24.8. The average Bonchev–Trinajstić information content (AvgIpc) is 3.55. The number of fused-ring (bicyclic) bond motifs is 1. The Balaban J connectivity index is 1.28. The summed E-state index contributed by atoms with van der Waals surface area (Å²) >= 11 is 0. The number of aliphatic carboxylic acids is 1. The van der Waals surface area contributed by atoms with Crippen molar-refractivity contribution in [3.05, 3.63) is 83.0 Å². The summed E-state index contributed by atoms with van der Waals surface area (Å²) in [6.07, 6.45) is 8.82. The van der Waals surface area contributed by atoms with E-state index < -0.39 is 5.97 Å². The molecule has 6 rings (SSSR count). The number of likely N-dealkylation sites (tertiary alicyclic amines) is 1. The quantitative estimate of drug-likeness (QED) is 0.251. The van der Waals surface area contributed by atoms with Gasteiger partial charge in [0.1, 0.15) is 5.82 Å². The molecular weight excluding hydrogens is 522 g/mol. The molecule has 7 nitrogen and oxygen atoms in total. The Labute approximate surface area is 250 Å². The lowest BCUT2D eigenvalue weighted by atomic mass is 9.79. The molecule has 2 aliphatic carbocycles. The smallest absolute Gasteiger partial charge is 0.306 e. The molecule has 1 aliphatic heterocycles. The van der Waals surface area contributed by atoms with Crippen molar-refractivity contribution in [1.82, 2.24) is 14.9 Å². The summed E-state index contributed by atoms with van der Waals surface area (Å²) in [5, 5.41) is 17.0. The molecule has 2 heterocycles. The van der Waals surface area contributed by atoms with Gasteiger partial charge in [0.15, 0.2) is 0 Å². The number of hydrogen-bond donors (Lipinski definition) is 3. The molecule has 3 aromatic rings. The molecule has 42 heavy (non-hydrogen) atoms. The maximum absolute atomic E-state index is 11.5. The number of carbonyl (C=O) groups is 1. The molecule has 222 valence electrons. The van der Waals surface area contributed by atoms with Crippen LogP contribution in [0.2, 0.25) is 0 Å². The van der Waals surface area contributed by atoms with Gasteiger partial charge in [0.05, 0.1) is 17.7 Å². The number of anilines is 2. The van der Waals surface area contributed by atoms with Crippen LogP contribution in [0.5, 0.6) is 0 Å². The first-order chi connectivity index (χ1) is 20.5. The van der Waals surface area contributed by atoms with E-state index in [9.17, 15) is 9.90 Å². The highest BCUT2D eigenvalue weighted by Gasteiger charge is 2.31. The van der Waals surface area contributed by atoms with Gasteiger partial charge < -0.3 is 20.6 Å². The summed E-state index contributed by atoms with van der Waals surface area (Å²) in [6, 6.07) is 22.0. The number of aryl methyl sites for hydroxylation is 1. The van der Waals surface area contributed by atoms with E-state index in [0.29, 0.717) is 17.8 Å². The Morgan fingerprint density at radius 3 is 2.31 bits per heavy atom. The molecule has 2 aromatic carbocycles. The summed E-state index contributed by atoms with van der Waals surface area (Å²) < 4.78 is 0. The average molecular weight is 568 g/mol. The molecule has 0 bridgehead atoms.